The molecule has 0 saturated heterocycles. The lowest BCUT2D eigenvalue weighted by atomic mass is 10.0. The number of methoxy groups -OCH3 is 2. The van der Waals surface area contributed by atoms with E-state index in [0.717, 1.165) is 5.56 Å². The summed E-state index contributed by atoms with van der Waals surface area (Å²) in [6, 6.07) is 22.2. The molecule has 3 aromatic carbocycles. The Morgan fingerprint density at radius 3 is 2.46 bits per heavy atom. The quantitative estimate of drug-likeness (QED) is 0.310. The number of ether oxygens (including phenoxy) is 3. The van der Waals surface area contributed by atoms with E-state index in [1.165, 1.54) is 19.1 Å². The number of carbonyl (C=O) groups excluding carboxylic acids is 2. The lowest BCUT2D eigenvalue weighted by Gasteiger charge is -2.19. The molecule has 0 radical (unpaired) electrons. The summed E-state index contributed by atoms with van der Waals surface area (Å²) in [4.78, 5) is 27.6. The molecule has 35 heavy (non-hydrogen) atoms. The molecule has 1 aliphatic rings. The van der Waals surface area contributed by atoms with Gasteiger partial charge in [0.15, 0.2) is 0 Å². The van der Waals surface area contributed by atoms with Crippen LogP contribution in [-0.2, 0) is 20.9 Å². The molecule has 0 atom stereocenters. The molecular weight excluding hydrogens is 466 g/mol. The molecular formula is C28H24ClNO5. The maximum absolute atomic E-state index is 13.5. The van der Waals surface area contributed by atoms with Crippen molar-refractivity contribution in [1.29, 1.82) is 0 Å². The second kappa shape index (κ2) is 10.5. The predicted molar refractivity (Wildman–Crippen MR) is 135 cm³/mol. The highest BCUT2D eigenvalue weighted by Gasteiger charge is 2.38. The van der Waals surface area contributed by atoms with Crippen molar-refractivity contribution in [2.24, 2.45) is 0 Å². The fourth-order valence-electron chi connectivity index (χ4n) is 3.89. The van der Waals surface area contributed by atoms with Crippen LogP contribution in [0.1, 0.15) is 18.1 Å². The molecule has 6 nitrogen and oxygen atoms in total. The normalized spacial score (nSPS) is 14.5. The molecule has 3 aromatic rings. The van der Waals surface area contributed by atoms with Gasteiger partial charge >= 0.3 is 5.97 Å². The Morgan fingerprint density at radius 1 is 1.00 bits per heavy atom. The highest BCUT2D eigenvalue weighted by molar-refractivity contribution is 6.32. The van der Waals surface area contributed by atoms with Crippen LogP contribution in [-0.4, -0.2) is 26.1 Å². The molecule has 178 valence electrons. The first-order valence-corrected chi connectivity index (χ1v) is 11.3. The Bertz CT molecular complexity index is 1330. The van der Waals surface area contributed by atoms with Crippen LogP contribution >= 0.6 is 11.6 Å². The molecule has 1 aliphatic heterocycles. The van der Waals surface area contributed by atoms with Gasteiger partial charge in [-0.05, 0) is 54.5 Å². The van der Waals surface area contributed by atoms with Gasteiger partial charge in [0, 0.05) is 5.70 Å². The molecule has 1 heterocycles. The number of nitrogens with zero attached hydrogens (tertiary/aromatic N) is 1. The summed E-state index contributed by atoms with van der Waals surface area (Å²) in [6.45, 7) is 2.11. The summed E-state index contributed by atoms with van der Waals surface area (Å²) < 4.78 is 16.1. The number of amides is 1. The number of rotatable bonds is 7. The van der Waals surface area contributed by atoms with E-state index in [9.17, 15) is 9.59 Å². The van der Waals surface area contributed by atoms with Gasteiger partial charge in [-0.15, -0.1) is 0 Å². The van der Waals surface area contributed by atoms with Crippen molar-refractivity contribution in [2.45, 2.75) is 13.5 Å². The van der Waals surface area contributed by atoms with Crippen LogP contribution in [0.2, 0.25) is 5.02 Å². The topological polar surface area (TPSA) is 65.1 Å². The van der Waals surface area contributed by atoms with E-state index < -0.39 is 5.97 Å². The van der Waals surface area contributed by atoms with Gasteiger partial charge in [0.1, 0.15) is 18.1 Å². The number of carbonyl (C=O) groups is 2. The SMILES string of the molecule is COC(=O)C1=C(C)N(c2ccc(OC)c(Cl)c2)C(=O)/C1=C\c1cccc(OCc2ccccc2)c1. The average Bonchev–Trinajstić information content (AvgIpc) is 3.12. The van der Waals surface area contributed by atoms with Crippen LogP contribution < -0.4 is 14.4 Å². The van der Waals surface area contributed by atoms with Gasteiger partial charge in [0.05, 0.1) is 36.1 Å². The zero-order valence-corrected chi connectivity index (χ0v) is 20.3. The van der Waals surface area contributed by atoms with Crippen LogP contribution in [0.4, 0.5) is 5.69 Å². The van der Waals surface area contributed by atoms with Gasteiger partial charge in [-0.3, -0.25) is 9.69 Å². The van der Waals surface area contributed by atoms with E-state index in [2.05, 4.69) is 0 Å². The summed E-state index contributed by atoms with van der Waals surface area (Å²) in [6.07, 6.45) is 1.67. The highest BCUT2D eigenvalue weighted by Crippen LogP contribution is 2.38. The fourth-order valence-corrected chi connectivity index (χ4v) is 4.14. The zero-order valence-electron chi connectivity index (χ0n) is 19.6. The molecule has 0 bridgehead atoms. The number of hydrogen-bond donors (Lipinski definition) is 0. The fraction of sp³-hybridized carbons (Fsp3) is 0.143. The number of allylic oxidation sites excluding steroid dienone is 1. The third-order valence-electron chi connectivity index (χ3n) is 5.60. The Morgan fingerprint density at radius 2 is 1.77 bits per heavy atom. The largest absolute Gasteiger partial charge is 0.495 e. The molecule has 0 spiro atoms. The van der Waals surface area contributed by atoms with E-state index in [0.29, 0.717) is 40.1 Å². The van der Waals surface area contributed by atoms with Crippen LogP contribution in [0.3, 0.4) is 0 Å². The van der Waals surface area contributed by atoms with Crippen molar-refractivity contribution in [3.63, 3.8) is 0 Å². The molecule has 4 rings (SSSR count). The second-order valence-corrected chi connectivity index (χ2v) is 8.22. The van der Waals surface area contributed by atoms with Gasteiger partial charge < -0.3 is 14.2 Å². The summed E-state index contributed by atoms with van der Waals surface area (Å²) in [5, 5.41) is 0.353. The molecule has 0 unspecified atom stereocenters. The number of esters is 1. The lowest BCUT2D eigenvalue weighted by Crippen LogP contribution is -2.24. The monoisotopic (exact) mass is 489 g/mol. The van der Waals surface area contributed by atoms with Gasteiger partial charge in [0.25, 0.3) is 5.91 Å². The average molecular weight is 490 g/mol. The van der Waals surface area contributed by atoms with Gasteiger partial charge in [0.2, 0.25) is 0 Å². The zero-order chi connectivity index (χ0) is 24.9. The lowest BCUT2D eigenvalue weighted by molar-refractivity contribution is -0.136. The van der Waals surface area contributed by atoms with Gasteiger partial charge in [-0.2, -0.15) is 0 Å². The summed E-state index contributed by atoms with van der Waals surface area (Å²) in [5.41, 5.74) is 3.14. The summed E-state index contributed by atoms with van der Waals surface area (Å²) >= 11 is 6.29. The molecule has 0 fully saturated rings. The molecule has 1 amide bonds. The van der Waals surface area contributed by atoms with Crippen molar-refractivity contribution >= 4 is 35.2 Å². The minimum atomic E-state index is -0.597. The minimum absolute atomic E-state index is 0.194. The Labute approximate surface area is 209 Å². The van der Waals surface area contributed by atoms with E-state index in [1.807, 2.05) is 54.6 Å². The van der Waals surface area contributed by atoms with Crippen LogP contribution in [0, 0.1) is 0 Å². The molecule has 0 aliphatic carbocycles. The van der Waals surface area contributed by atoms with E-state index in [-0.39, 0.29) is 17.1 Å². The standard InChI is InChI=1S/C28H24ClNO5/c1-18-26(28(32)34-3)23(27(31)30(18)21-12-13-25(33-2)24(29)16-21)15-20-10-7-11-22(14-20)35-17-19-8-5-4-6-9-19/h4-16H,17H2,1-3H3/b23-15-. The molecule has 0 saturated carbocycles. The van der Waals surface area contributed by atoms with Crippen molar-refractivity contribution in [3.8, 4) is 11.5 Å². The first kappa shape index (κ1) is 24.1. The van der Waals surface area contributed by atoms with Gasteiger partial charge in [-0.1, -0.05) is 54.1 Å². The Balaban J connectivity index is 1.68. The van der Waals surface area contributed by atoms with Gasteiger partial charge in [-0.25, -0.2) is 4.79 Å². The first-order chi connectivity index (χ1) is 16.9. The van der Waals surface area contributed by atoms with Crippen molar-refractivity contribution in [3.05, 3.63) is 106 Å². The molecule has 0 aromatic heterocycles. The number of anilines is 1. The van der Waals surface area contributed by atoms with E-state index >= 15 is 0 Å². The minimum Gasteiger partial charge on any atom is -0.495 e. The third kappa shape index (κ3) is 5.08. The molecule has 0 N–H and O–H groups in total. The Kier molecular flexibility index (Phi) is 7.22. The summed E-state index contributed by atoms with van der Waals surface area (Å²) in [7, 11) is 2.80. The van der Waals surface area contributed by atoms with Crippen molar-refractivity contribution in [1.82, 2.24) is 0 Å². The van der Waals surface area contributed by atoms with E-state index in [1.54, 1.807) is 31.2 Å². The van der Waals surface area contributed by atoms with Crippen molar-refractivity contribution < 1.29 is 23.8 Å². The van der Waals surface area contributed by atoms with E-state index in [4.69, 9.17) is 25.8 Å². The second-order valence-electron chi connectivity index (χ2n) is 7.82. The Hall–Kier alpha value is -4.03. The van der Waals surface area contributed by atoms with Crippen molar-refractivity contribution in [2.75, 3.05) is 19.1 Å². The van der Waals surface area contributed by atoms with Crippen LogP contribution in [0.5, 0.6) is 11.5 Å². The van der Waals surface area contributed by atoms with Crippen LogP contribution in [0.25, 0.3) is 6.08 Å². The maximum atomic E-state index is 13.5. The number of benzene rings is 3. The summed E-state index contributed by atoms with van der Waals surface area (Å²) in [5.74, 6) is 0.174. The number of hydrogen-bond acceptors (Lipinski definition) is 5. The first-order valence-electron chi connectivity index (χ1n) is 10.9. The molecule has 7 heteroatoms. The van der Waals surface area contributed by atoms with Crippen LogP contribution in [0.15, 0.2) is 89.6 Å². The number of halogens is 1. The highest BCUT2D eigenvalue weighted by atomic mass is 35.5. The maximum Gasteiger partial charge on any atom is 0.340 e. The predicted octanol–water partition coefficient (Wildman–Crippen LogP) is 5.80. The third-order valence-corrected chi connectivity index (χ3v) is 5.90. The smallest absolute Gasteiger partial charge is 0.340 e.